The molecule has 0 heterocycles. The molecule has 1 aromatic rings. The zero-order valence-electron chi connectivity index (χ0n) is 10.9. The first-order valence-corrected chi connectivity index (χ1v) is 5.94. The Hall–Kier alpha value is -2.30. The van der Waals surface area contributed by atoms with Crippen molar-refractivity contribution in [1.82, 2.24) is 10.2 Å². The second kappa shape index (κ2) is 7.20. The van der Waals surface area contributed by atoms with E-state index in [1.807, 2.05) is 31.2 Å². The molecule has 0 aliphatic heterocycles. The van der Waals surface area contributed by atoms with E-state index in [2.05, 4.69) is 11.9 Å². The van der Waals surface area contributed by atoms with E-state index >= 15 is 0 Å². The summed E-state index contributed by atoms with van der Waals surface area (Å²) in [5.74, 6) is -1.05. The molecule has 5 nitrogen and oxygen atoms in total. The molecule has 1 rings (SSSR count). The Morgan fingerprint density at radius 1 is 1.47 bits per heavy atom. The van der Waals surface area contributed by atoms with Crippen LogP contribution >= 0.6 is 0 Å². The lowest BCUT2D eigenvalue weighted by Gasteiger charge is -2.19. The number of hydrogen-bond donors (Lipinski definition) is 2. The molecule has 5 heteroatoms. The van der Waals surface area contributed by atoms with Crippen LogP contribution in [0.25, 0.3) is 0 Å². The molecule has 102 valence electrons. The van der Waals surface area contributed by atoms with Crippen LogP contribution in [0.1, 0.15) is 11.1 Å². The van der Waals surface area contributed by atoms with E-state index in [0.29, 0.717) is 6.54 Å². The summed E-state index contributed by atoms with van der Waals surface area (Å²) in [6.07, 6.45) is 1.50. The number of aryl methyl sites for hydroxylation is 1. The number of nitrogens with one attached hydrogen (secondary N) is 1. The maximum absolute atomic E-state index is 11.8. The molecule has 0 bridgehead atoms. The van der Waals surface area contributed by atoms with Crippen LogP contribution in [0.5, 0.6) is 0 Å². The Kier molecular flexibility index (Phi) is 5.60. The van der Waals surface area contributed by atoms with Gasteiger partial charge in [-0.3, -0.25) is 4.79 Å². The van der Waals surface area contributed by atoms with Gasteiger partial charge in [0.25, 0.3) is 0 Å². The summed E-state index contributed by atoms with van der Waals surface area (Å²) < 4.78 is 0. The number of aliphatic carboxylic acids is 1. The fourth-order valence-corrected chi connectivity index (χ4v) is 1.65. The Morgan fingerprint density at radius 3 is 2.79 bits per heavy atom. The minimum atomic E-state index is -1.05. The summed E-state index contributed by atoms with van der Waals surface area (Å²) in [6.45, 7) is 5.71. The van der Waals surface area contributed by atoms with Crippen molar-refractivity contribution >= 4 is 12.0 Å². The number of amides is 2. The molecule has 1 aromatic carbocycles. The molecule has 0 radical (unpaired) electrons. The SMILES string of the molecule is C=CCN(CC(=O)O)C(=O)NCc1cccc(C)c1. The third-order valence-electron chi connectivity index (χ3n) is 2.49. The van der Waals surface area contributed by atoms with E-state index in [4.69, 9.17) is 5.11 Å². The summed E-state index contributed by atoms with van der Waals surface area (Å²) in [5.41, 5.74) is 2.09. The van der Waals surface area contributed by atoms with Crippen LogP contribution < -0.4 is 5.32 Å². The van der Waals surface area contributed by atoms with Gasteiger partial charge in [-0.25, -0.2) is 4.79 Å². The van der Waals surface area contributed by atoms with Crippen molar-refractivity contribution in [2.24, 2.45) is 0 Å². The third kappa shape index (κ3) is 5.25. The first-order chi connectivity index (χ1) is 9.02. The number of rotatable bonds is 6. The largest absolute Gasteiger partial charge is 0.480 e. The van der Waals surface area contributed by atoms with Crippen molar-refractivity contribution in [3.63, 3.8) is 0 Å². The maximum atomic E-state index is 11.8. The lowest BCUT2D eigenvalue weighted by Crippen LogP contribution is -2.42. The summed E-state index contributed by atoms with van der Waals surface area (Å²) in [6, 6.07) is 7.34. The van der Waals surface area contributed by atoms with Crippen LogP contribution in [0, 0.1) is 6.92 Å². The van der Waals surface area contributed by atoms with Gasteiger partial charge in [0, 0.05) is 13.1 Å². The zero-order valence-corrected chi connectivity index (χ0v) is 10.9. The standard InChI is InChI=1S/C14H18N2O3/c1-3-7-16(10-13(17)18)14(19)15-9-12-6-4-5-11(2)8-12/h3-6,8H,1,7,9-10H2,2H3,(H,15,19)(H,17,18). The summed E-state index contributed by atoms with van der Waals surface area (Å²) in [4.78, 5) is 23.7. The second-order valence-corrected chi connectivity index (χ2v) is 4.21. The maximum Gasteiger partial charge on any atom is 0.323 e. The van der Waals surface area contributed by atoms with Crippen LogP contribution in [0.3, 0.4) is 0 Å². The van der Waals surface area contributed by atoms with Crippen LogP contribution in [-0.4, -0.2) is 35.1 Å². The van der Waals surface area contributed by atoms with E-state index in [9.17, 15) is 9.59 Å². The Labute approximate surface area is 112 Å². The van der Waals surface area contributed by atoms with Crippen molar-refractivity contribution < 1.29 is 14.7 Å². The Morgan fingerprint density at radius 2 is 2.21 bits per heavy atom. The molecule has 0 aromatic heterocycles. The quantitative estimate of drug-likeness (QED) is 0.768. The Balaban J connectivity index is 2.56. The molecule has 2 amide bonds. The van der Waals surface area contributed by atoms with Gasteiger partial charge in [-0.15, -0.1) is 6.58 Å². The van der Waals surface area contributed by atoms with E-state index in [1.54, 1.807) is 0 Å². The van der Waals surface area contributed by atoms with Gasteiger partial charge in [-0.1, -0.05) is 35.9 Å². The average molecular weight is 262 g/mol. The predicted octanol–water partition coefficient (Wildman–Crippen LogP) is 1.78. The highest BCUT2D eigenvalue weighted by atomic mass is 16.4. The van der Waals surface area contributed by atoms with E-state index in [-0.39, 0.29) is 13.1 Å². The van der Waals surface area contributed by atoms with Crippen molar-refractivity contribution in [3.8, 4) is 0 Å². The molecule has 0 unspecified atom stereocenters. The van der Waals surface area contributed by atoms with Crippen molar-refractivity contribution in [2.75, 3.05) is 13.1 Å². The molecular formula is C14H18N2O3. The topological polar surface area (TPSA) is 69.6 Å². The molecule has 0 aliphatic carbocycles. The van der Waals surface area contributed by atoms with Gasteiger partial charge < -0.3 is 15.3 Å². The predicted molar refractivity (Wildman–Crippen MR) is 72.8 cm³/mol. The van der Waals surface area contributed by atoms with E-state index < -0.39 is 12.0 Å². The number of carboxylic acid groups (broad SMARTS) is 1. The zero-order chi connectivity index (χ0) is 14.3. The summed E-state index contributed by atoms with van der Waals surface area (Å²) in [7, 11) is 0. The highest BCUT2D eigenvalue weighted by molar-refractivity contribution is 5.80. The molecule has 0 fully saturated rings. The van der Waals surface area contributed by atoms with Gasteiger partial charge in [0.1, 0.15) is 6.54 Å². The summed E-state index contributed by atoms with van der Waals surface area (Å²) >= 11 is 0. The van der Waals surface area contributed by atoms with Crippen LogP contribution in [0.15, 0.2) is 36.9 Å². The van der Waals surface area contributed by atoms with Crippen LogP contribution in [0.2, 0.25) is 0 Å². The molecule has 2 N–H and O–H groups in total. The molecule has 0 aliphatic rings. The number of nitrogens with zero attached hydrogens (tertiary/aromatic N) is 1. The highest BCUT2D eigenvalue weighted by Gasteiger charge is 2.14. The minimum Gasteiger partial charge on any atom is -0.480 e. The van der Waals surface area contributed by atoms with Crippen molar-refractivity contribution in [2.45, 2.75) is 13.5 Å². The van der Waals surface area contributed by atoms with Gasteiger partial charge in [0.2, 0.25) is 0 Å². The highest BCUT2D eigenvalue weighted by Crippen LogP contribution is 2.03. The average Bonchev–Trinajstić information content (AvgIpc) is 2.35. The van der Waals surface area contributed by atoms with E-state index in [0.717, 1.165) is 11.1 Å². The number of carboxylic acids is 1. The first kappa shape index (κ1) is 14.8. The third-order valence-corrected chi connectivity index (χ3v) is 2.49. The second-order valence-electron chi connectivity index (χ2n) is 4.21. The smallest absolute Gasteiger partial charge is 0.323 e. The van der Waals surface area contributed by atoms with Crippen LogP contribution in [0.4, 0.5) is 4.79 Å². The number of hydrogen-bond acceptors (Lipinski definition) is 2. The van der Waals surface area contributed by atoms with Crippen molar-refractivity contribution in [1.29, 1.82) is 0 Å². The minimum absolute atomic E-state index is 0.200. The van der Waals surface area contributed by atoms with Crippen molar-refractivity contribution in [3.05, 3.63) is 48.0 Å². The fourth-order valence-electron chi connectivity index (χ4n) is 1.65. The summed E-state index contributed by atoms with van der Waals surface area (Å²) in [5, 5.41) is 11.4. The lowest BCUT2D eigenvalue weighted by molar-refractivity contribution is -0.137. The van der Waals surface area contributed by atoms with Crippen LogP contribution in [-0.2, 0) is 11.3 Å². The number of carbonyl (C=O) groups is 2. The molecule has 0 spiro atoms. The molecule has 0 saturated carbocycles. The van der Waals surface area contributed by atoms with Gasteiger partial charge in [0.05, 0.1) is 0 Å². The molecule has 19 heavy (non-hydrogen) atoms. The van der Waals surface area contributed by atoms with Gasteiger partial charge in [0.15, 0.2) is 0 Å². The van der Waals surface area contributed by atoms with Gasteiger partial charge in [-0.05, 0) is 12.5 Å². The molecular weight excluding hydrogens is 244 g/mol. The number of urea groups is 1. The molecule has 0 saturated heterocycles. The fraction of sp³-hybridized carbons (Fsp3) is 0.286. The number of carbonyl (C=O) groups excluding carboxylic acids is 1. The van der Waals surface area contributed by atoms with Gasteiger partial charge >= 0.3 is 12.0 Å². The Bertz CT molecular complexity index is 472. The molecule has 0 atom stereocenters. The van der Waals surface area contributed by atoms with Gasteiger partial charge in [-0.2, -0.15) is 0 Å². The first-order valence-electron chi connectivity index (χ1n) is 5.94. The van der Waals surface area contributed by atoms with E-state index in [1.165, 1.54) is 11.0 Å². The lowest BCUT2D eigenvalue weighted by atomic mass is 10.1. The number of benzene rings is 1. The normalized spacial score (nSPS) is 9.74. The monoisotopic (exact) mass is 262 g/mol.